The highest BCUT2D eigenvalue weighted by Gasteiger charge is 2.16. The van der Waals surface area contributed by atoms with Gasteiger partial charge < -0.3 is 5.11 Å². The smallest absolute Gasteiger partial charge is 0.115 e. The third-order valence-electron chi connectivity index (χ3n) is 2.76. The van der Waals surface area contributed by atoms with Gasteiger partial charge in [0.2, 0.25) is 0 Å². The Bertz CT molecular complexity index is 312. The Kier molecular flexibility index (Phi) is 4.21. The van der Waals surface area contributed by atoms with Crippen LogP contribution in [0.1, 0.15) is 57.3 Å². The Hall–Kier alpha value is -0.960. The number of nitrogens with zero attached hydrogens (tertiary/aromatic N) is 2. The van der Waals surface area contributed by atoms with Gasteiger partial charge in [0.15, 0.2) is 0 Å². The lowest BCUT2D eigenvalue weighted by molar-refractivity contribution is 0.143. The third kappa shape index (κ3) is 2.99. The summed E-state index contributed by atoms with van der Waals surface area (Å²) in [7, 11) is 0. The molecule has 0 saturated heterocycles. The van der Waals surface area contributed by atoms with E-state index in [1.807, 2.05) is 19.9 Å². The van der Waals surface area contributed by atoms with Crippen molar-refractivity contribution in [3.8, 4) is 0 Å². The first-order chi connectivity index (χ1) is 7.06. The van der Waals surface area contributed by atoms with Gasteiger partial charge in [-0.2, -0.15) is 0 Å². The highest BCUT2D eigenvalue weighted by molar-refractivity contribution is 5.15. The molecule has 0 saturated carbocycles. The Morgan fingerprint density at radius 3 is 2.33 bits per heavy atom. The topological polar surface area (TPSA) is 46.0 Å². The predicted octanol–water partition coefficient (Wildman–Crippen LogP) is 2.47. The average molecular weight is 208 g/mol. The average Bonchev–Trinajstić information content (AvgIpc) is 2.27. The van der Waals surface area contributed by atoms with Crippen molar-refractivity contribution >= 4 is 0 Å². The summed E-state index contributed by atoms with van der Waals surface area (Å²) in [6.07, 6.45) is 2.02. The van der Waals surface area contributed by atoms with Gasteiger partial charge in [0, 0.05) is 17.3 Å². The standard InChI is InChI=1S/C12H20N2O/c1-5-12(15)9(4)11-6-10(8(2)3)13-7-14-11/h6-9,12,15H,5H2,1-4H3. The van der Waals surface area contributed by atoms with Crippen LogP contribution in [0.4, 0.5) is 0 Å². The molecule has 1 heterocycles. The first-order valence-electron chi connectivity index (χ1n) is 5.56. The molecule has 84 valence electrons. The molecule has 1 N–H and O–H groups in total. The second kappa shape index (κ2) is 5.21. The number of rotatable bonds is 4. The largest absolute Gasteiger partial charge is 0.392 e. The minimum absolute atomic E-state index is 0.0792. The van der Waals surface area contributed by atoms with Gasteiger partial charge in [-0.25, -0.2) is 9.97 Å². The van der Waals surface area contributed by atoms with Crippen molar-refractivity contribution in [2.24, 2.45) is 0 Å². The summed E-state index contributed by atoms with van der Waals surface area (Å²) in [5, 5.41) is 9.75. The quantitative estimate of drug-likeness (QED) is 0.826. The molecule has 0 amide bonds. The van der Waals surface area contributed by atoms with E-state index in [0.717, 1.165) is 17.8 Å². The minimum atomic E-state index is -0.320. The molecule has 2 unspecified atom stereocenters. The number of aromatic nitrogens is 2. The van der Waals surface area contributed by atoms with Gasteiger partial charge in [0.05, 0.1) is 6.10 Å². The van der Waals surface area contributed by atoms with Crippen LogP contribution >= 0.6 is 0 Å². The van der Waals surface area contributed by atoms with Crippen molar-refractivity contribution < 1.29 is 5.11 Å². The van der Waals surface area contributed by atoms with Crippen molar-refractivity contribution in [1.29, 1.82) is 0 Å². The fourth-order valence-corrected chi connectivity index (χ4v) is 1.50. The molecule has 0 aliphatic rings. The zero-order valence-electron chi connectivity index (χ0n) is 9.94. The number of hydrogen-bond donors (Lipinski definition) is 1. The summed E-state index contributed by atoms with van der Waals surface area (Å²) in [4.78, 5) is 8.43. The molecule has 0 fully saturated rings. The van der Waals surface area contributed by atoms with E-state index in [4.69, 9.17) is 0 Å². The van der Waals surface area contributed by atoms with E-state index in [1.165, 1.54) is 0 Å². The van der Waals surface area contributed by atoms with Crippen LogP contribution in [-0.2, 0) is 0 Å². The highest BCUT2D eigenvalue weighted by atomic mass is 16.3. The van der Waals surface area contributed by atoms with Crippen LogP contribution in [0.5, 0.6) is 0 Å². The van der Waals surface area contributed by atoms with E-state index in [1.54, 1.807) is 6.33 Å². The van der Waals surface area contributed by atoms with Crippen LogP contribution in [0.2, 0.25) is 0 Å². The Morgan fingerprint density at radius 2 is 1.80 bits per heavy atom. The van der Waals surface area contributed by atoms with Gasteiger partial charge in [0.25, 0.3) is 0 Å². The van der Waals surface area contributed by atoms with Gasteiger partial charge in [0.1, 0.15) is 6.33 Å². The van der Waals surface area contributed by atoms with Crippen LogP contribution in [0.15, 0.2) is 12.4 Å². The second-order valence-corrected chi connectivity index (χ2v) is 4.29. The van der Waals surface area contributed by atoms with Crippen molar-refractivity contribution in [3.05, 3.63) is 23.8 Å². The van der Waals surface area contributed by atoms with E-state index in [9.17, 15) is 5.11 Å². The van der Waals surface area contributed by atoms with Crippen molar-refractivity contribution in [3.63, 3.8) is 0 Å². The van der Waals surface area contributed by atoms with Gasteiger partial charge >= 0.3 is 0 Å². The molecular weight excluding hydrogens is 188 g/mol. The zero-order valence-corrected chi connectivity index (χ0v) is 9.94. The number of hydrogen-bond acceptors (Lipinski definition) is 3. The molecule has 0 aromatic carbocycles. The fourth-order valence-electron chi connectivity index (χ4n) is 1.50. The Labute approximate surface area is 91.6 Å². The summed E-state index contributed by atoms with van der Waals surface area (Å²) in [5.74, 6) is 0.480. The van der Waals surface area contributed by atoms with Crippen LogP contribution in [0, 0.1) is 0 Å². The second-order valence-electron chi connectivity index (χ2n) is 4.29. The summed E-state index contributed by atoms with van der Waals surface area (Å²) in [6.45, 7) is 8.19. The van der Waals surface area contributed by atoms with E-state index in [2.05, 4.69) is 23.8 Å². The molecule has 15 heavy (non-hydrogen) atoms. The first-order valence-corrected chi connectivity index (χ1v) is 5.56. The maximum Gasteiger partial charge on any atom is 0.115 e. The molecule has 0 bridgehead atoms. The fraction of sp³-hybridized carbons (Fsp3) is 0.667. The van der Waals surface area contributed by atoms with Crippen LogP contribution < -0.4 is 0 Å². The van der Waals surface area contributed by atoms with Crippen LogP contribution in [-0.4, -0.2) is 21.2 Å². The first kappa shape index (κ1) is 12.1. The Morgan fingerprint density at radius 1 is 1.20 bits per heavy atom. The van der Waals surface area contributed by atoms with Gasteiger partial charge in [-0.3, -0.25) is 0 Å². The third-order valence-corrected chi connectivity index (χ3v) is 2.76. The molecule has 0 aliphatic carbocycles. The van der Waals surface area contributed by atoms with Crippen molar-refractivity contribution in [1.82, 2.24) is 9.97 Å². The predicted molar refractivity (Wildman–Crippen MR) is 60.8 cm³/mol. The summed E-state index contributed by atoms with van der Waals surface area (Å²) < 4.78 is 0. The molecule has 0 aliphatic heterocycles. The molecule has 1 rings (SSSR count). The number of aliphatic hydroxyl groups excluding tert-OH is 1. The SMILES string of the molecule is CCC(O)C(C)c1cc(C(C)C)ncn1. The van der Waals surface area contributed by atoms with Crippen LogP contribution in [0.25, 0.3) is 0 Å². The van der Waals surface area contributed by atoms with E-state index in [0.29, 0.717) is 5.92 Å². The van der Waals surface area contributed by atoms with Gasteiger partial charge in [-0.15, -0.1) is 0 Å². The Balaban J connectivity index is 2.90. The molecule has 1 aromatic heterocycles. The van der Waals surface area contributed by atoms with E-state index in [-0.39, 0.29) is 12.0 Å². The molecule has 3 heteroatoms. The molecule has 1 aromatic rings. The lowest BCUT2D eigenvalue weighted by atomic mass is 9.97. The molecule has 0 radical (unpaired) electrons. The van der Waals surface area contributed by atoms with E-state index < -0.39 is 0 Å². The summed E-state index contributed by atoms with van der Waals surface area (Å²) in [6, 6.07) is 1.99. The van der Waals surface area contributed by atoms with Crippen molar-refractivity contribution in [2.75, 3.05) is 0 Å². The molecule has 3 nitrogen and oxygen atoms in total. The molecule has 0 spiro atoms. The summed E-state index contributed by atoms with van der Waals surface area (Å²) in [5.41, 5.74) is 1.97. The molecule has 2 atom stereocenters. The molecular formula is C12H20N2O. The van der Waals surface area contributed by atoms with Crippen LogP contribution in [0.3, 0.4) is 0 Å². The number of aliphatic hydroxyl groups is 1. The van der Waals surface area contributed by atoms with Gasteiger partial charge in [-0.1, -0.05) is 27.7 Å². The minimum Gasteiger partial charge on any atom is -0.392 e. The van der Waals surface area contributed by atoms with Gasteiger partial charge in [-0.05, 0) is 18.4 Å². The zero-order chi connectivity index (χ0) is 11.4. The van der Waals surface area contributed by atoms with E-state index >= 15 is 0 Å². The lowest BCUT2D eigenvalue weighted by Crippen LogP contribution is -2.16. The lowest BCUT2D eigenvalue weighted by Gasteiger charge is -2.17. The highest BCUT2D eigenvalue weighted by Crippen LogP contribution is 2.21. The maximum absolute atomic E-state index is 9.75. The normalized spacial score (nSPS) is 15.3. The summed E-state index contributed by atoms with van der Waals surface area (Å²) >= 11 is 0. The van der Waals surface area contributed by atoms with Crippen molar-refractivity contribution in [2.45, 2.75) is 52.1 Å². The monoisotopic (exact) mass is 208 g/mol. The maximum atomic E-state index is 9.75.